The summed E-state index contributed by atoms with van der Waals surface area (Å²) in [6, 6.07) is 6.66. The monoisotopic (exact) mass is 437 g/mol. The van der Waals surface area contributed by atoms with E-state index in [2.05, 4.69) is 21.8 Å². The van der Waals surface area contributed by atoms with Crippen molar-refractivity contribution in [1.29, 1.82) is 0 Å². The van der Waals surface area contributed by atoms with Crippen molar-refractivity contribution in [1.82, 2.24) is 24.4 Å². The van der Waals surface area contributed by atoms with Crippen molar-refractivity contribution in [2.75, 3.05) is 18.8 Å². The number of rotatable bonds is 7. The van der Waals surface area contributed by atoms with Crippen LogP contribution in [-0.2, 0) is 28.4 Å². The van der Waals surface area contributed by atoms with Gasteiger partial charge in [0.25, 0.3) is 0 Å². The van der Waals surface area contributed by atoms with E-state index in [-0.39, 0.29) is 17.3 Å². The average Bonchev–Trinajstić information content (AvgIpc) is 3.04. The van der Waals surface area contributed by atoms with Crippen molar-refractivity contribution in [3.8, 4) is 0 Å². The van der Waals surface area contributed by atoms with Gasteiger partial charge in [0.1, 0.15) is 5.82 Å². The molecular formula is C19H27N5O3S2. The van der Waals surface area contributed by atoms with Crippen LogP contribution >= 0.6 is 11.8 Å². The SMILES string of the molecule is Cc1ccc(S(=O)(=O)NCc2nnc(SCC(=O)N3CCCC(C)C3)n2C)cc1. The number of nitrogens with zero attached hydrogens (tertiary/aromatic N) is 4. The molecule has 10 heteroatoms. The van der Waals surface area contributed by atoms with Crippen LogP contribution in [0.25, 0.3) is 0 Å². The fourth-order valence-electron chi connectivity index (χ4n) is 3.22. The molecule has 8 nitrogen and oxygen atoms in total. The Kier molecular flexibility index (Phi) is 6.97. The quantitative estimate of drug-likeness (QED) is 0.665. The van der Waals surface area contributed by atoms with E-state index in [1.807, 2.05) is 11.8 Å². The lowest BCUT2D eigenvalue weighted by Gasteiger charge is -2.30. The number of piperidine rings is 1. The van der Waals surface area contributed by atoms with Crippen molar-refractivity contribution in [3.63, 3.8) is 0 Å². The van der Waals surface area contributed by atoms with Gasteiger partial charge in [-0.1, -0.05) is 36.4 Å². The van der Waals surface area contributed by atoms with Gasteiger partial charge < -0.3 is 9.47 Å². The zero-order valence-corrected chi connectivity index (χ0v) is 18.6. The number of carbonyl (C=O) groups is 1. The number of amides is 1. The molecular weight excluding hydrogens is 410 g/mol. The fraction of sp³-hybridized carbons (Fsp3) is 0.526. The van der Waals surface area contributed by atoms with Crippen molar-refractivity contribution in [2.45, 2.75) is 43.3 Å². The zero-order valence-electron chi connectivity index (χ0n) is 17.0. The molecule has 2 aromatic rings. The van der Waals surface area contributed by atoms with Crippen molar-refractivity contribution in [2.24, 2.45) is 13.0 Å². The van der Waals surface area contributed by atoms with E-state index in [1.54, 1.807) is 35.9 Å². The highest BCUT2D eigenvalue weighted by molar-refractivity contribution is 7.99. The number of hydrogen-bond acceptors (Lipinski definition) is 6. The third-order valence-electron chi connectivity index (χ3n) is 5.01. The molecule has 1 aliphatic rings. The number of benzene rings is 1. The van der Waals surface area contributed by atoms with Crippen molar-refractivity contribution < 1.29 is 13.2 Å². The first-order valence-electron chi connectivity index (χ1n) is 9.61. The highest BCUT2D eigenvalue weighted by atomic mass is 32.2. The van der Waals surface area contributed by atoms with Crippen LogP contribution in [0.15, 0.2) is 34.3 Å². The van der Waals surface area contributed by atoms with Crippen LogP contribution in [-0.4, -0.2) is 52.8 Å². The van der Waals surface area contributed by atoms with Gasteiger partial charge in [-0.05, 0) is 37.8 Å². The van der Waals surface area contributed by atoms with Gasteiger partial charge in [0.05, 0.1) is 17.2 Å². The molecule has 0 spiro atoms. The maximum atomic E-state index is 12.4. The topological polar surface area (TPSA) is 97.2 Å². The third-order valence-corrected chi connectivity index (χ3v) is 7.43. The van der Waals surface area contributed by atoms with E-state index >= 15 is 0 Å². The first-order valence-corrected chi connectivity index (χ1v) is 12.1. The Morgan fingerprint density at radius 2 is 2.00 bits per heavy atom. The van der Waals surface area contributed by atoms with E-state index in [1.165, 1.54) is 18.2 Å². The van der Waals surface area contributed by atoms with Crippen LogP contribution in [0.5, 0.6) is 0 Å². The molecule has 1 atom stereocenters. The summed E-state index contributed by atoms with van der Waals surface area (Å²) in [5.74, 6) is 1.43. The standard InChI is InChI=1S/C19H27N5O3S2/c1-14-6-8-16(9-7-14)29(26,27)20-11-17-21-22-19(23(17)3)28-13-18(25)24-10-4-5-15(2)12-24/h6-9,15,20H,4-5,10-13H2,1-3H3. The molecule has 0 bridgehead atoms. The molecule has 2 heterocycles. The van der Waals surface area contributed by atoms with Gasteiger partial charge in [-0.25, -0.2) is 13.1 Å². The molecule has 1 saturated heterocycles. The Labute approximate surface area is 176 Å². The summed E-state index contributed by atoms with van der Waals surface area (Å²) < 4.78 is 29.1. The Morgan fingerprint density at radius 3 is 2.69 bits per heavy atom. The first-order chi connectivity index (χ1) is 13.8. The number of thioether (sulfide) groups is 1. The normalized spacial score (nSPS) is 17.5. The van der Waals surface area contributed by atoms with Gasteiger partial charge in [-0.3, -0.25) is 4.79 Å². The highest BCUT2D eigenvalue weighted by Gasteiger charge is 2.22. The summed E-state index contributed by atoms with van der Waals surface area (Å²) in [5.41, 5.74) is 0.993. The Hall–Kier alpha value is -1.91. The molecule has 158 valence electrons. The van der Waals surface area contributed by atoms with Crippen molar-refractivity contribution in [3.05, 3.63) is 35.7 Å². The number of sulfonamides is 1. The van der Waals surface area contributed by atoms with E-state index in [9.17, 15) is 13.2 Å². The summed E-state index contributed by atoms with van der Waals surface area (Å²) in [7, 11) is -1.86. The Bertz CT molecular complexity index is 957. The number of aromatic nitrogens is 3. The van der Waals surface area contributed by atoms with E-state index < -0.39 is 10.0 Å². The van der Waals surface area contributed by atoms with Crippen LogP contribution < -0.4 is 4.72 Å². The molecule has 0 saturated carbocycles. The van der Waals surface area contributed by atoms with Gasteiger partial charge in [0, 0.05) is 20.1 Å². The zero-order chi connectivity index (χ0) is 21.0. The minimum atomic E-state index is -3.63. The second kappa shape index (κ2) is 9.27. The smallest absolute Gasteiger partial charge is 0.240 e. The molecule has 1 aromatic carbocycles. The predicted molar refractivity (Wildman–Crippen MR) is 112 cm³/mol. The molecule has 1 aromatic heterocycles. The summed E-state index contributed by atoms with van der Waals surface area (Å²) in [6.45, 7) is 5.72. The summed E-state index contributed by atoms with van der Waals surface area (Å²) in [6.07, 6.45) is 2.22. The number of nitrogens with one attached hydrogen (secondary N) is 1. The van der Waals surface area contributed by atoms with Gasteiger partial charge in [0.2, 0.25) is 15.9 Å². The second-order valence-corrected chi connectivity index (χ2v) is 10.2. The lowest BCUT2D eigenvalue weighted by Crippen LogP contribution is -2.40. The predicted octanol–water partition coefficient (Wildman–Crippen LogP) is 1.95. The maximum absolute atomic E-state index is 12.4. The molecule has 29 heavy (non-hydrogen) atoms. The number of likely N-dealkylation sites (tertiary alicyclic amines) is 1. The molecule has 1 aliphatic heterocycles. The Morgan fingerprint density at radius 1 is 1.28 bits per heavy atom. The summed E-state index contributed by atoms with van der Waals surface area (Å²) >= 11 is 1.32. The molecule has 1 unspecified atom stereocenters. The van der Waals surface area contributed by atoms with E-state index in [0.717, 1.165) is 25.1 Å². The number of aryl methyl sites for hydroxylation is 1. The van der Waals surface area contributed by atoms with Crippen LogP contribution in [0.2, 0.25) is 0 Å². The van der Waals surface area contributed by atoms with Crippen LogP contribution in [0, 0.1) is 12.8 Å². The molecule has 0 aliphatic carbocycles. The summed E-state index contributed by atoms with van der Waals surface area (Å²) in [5, 5.41) is 8.76. The molecule has 1 amide bonds. The Balaban J connectivity index is 1.56. The average molecular weight is 438 g/mol. The van der Waals surface area contributed by atoms with Gasteiger partial charge in [-0.15, -0.1) is 10.2 Å². The first kappa shape index (κ1) is 21.8. The van der Waals surface area contributed by atoms with Crippen LogP contribution in [0.3, 0.4) is 0 Å². The van der Waals surface area contributed by atoms with Crippen LogP contribution in [0.1, 0.15) is 31.2 Å². The summed E-state index contributed by atoms with van der Waals surface area (Å²) in [4.78, 5) is 14.5. The minimum absolute atomic E-state index is 0.0257. The second-order valence-electron chi connectivity index (χ2n) is 7.47. The van der Waals surface area contributed by atoms with E-state index in [4.69, 9.17) is 0 Å². The molecule has 1 fully saturated rings. The maximum Gasteiger partial charge on any atom is 0.240 e. The van der Waals surface area contributed by atoms with E-state index in [0.29, 0.717) is 22.7 Å². The fourth-order valence-corrected chi connectivity index (χ4v) is 5.03. The third kappa shape index (κ3) is 5.58. The highest BCUT2D eigenvalue weighted by Crippen LogP contribution is 2.20. The number of carbonyl (C=O) groups excluding carboxylic acids is 1. The van der Waals surface area contributed by atoms with Gasteiger partial charge in [0.15, 0.2) is 5.16 Å². The molecule has 1 N–H and O–H groups in total. The largest absolute Gasteiger partial charge is 0.342 e. The van der Waals surface area contributed by atoms with Crippen molar-refractivity contribution >= 4 is 27.7 Å². The lowest BCUT2D eigenvalue weighted by atomic mass is 10.0. The molecule has 0 radical (unpaired) electrons. The lowest BCUT2D eigenvalue weighted by molar-refractivity contribution is -0.130. The van der Waals surface area contributed by atoms with Crippen LogP contribution in [0.4, 0.5) is 0 Å². The minimum Gasteiger partial charge on any atom is -0.342 e. The molecule has 3 rings (SSSR count). The number of hydrogen-bond donors (Lipinski definition) is 1. The van der Waals surface area contributed by atoms with Gasteiger partial charge >= 0.3 is 0 Å². The van der Waals surface area contributed by atoms with Gasteiger partial charge in [-0.2, -0.15) is 0 Å².